The molecule has 60 heavy (non-hydrogen) atoms. The average Bonchev–Trinajstić information content (AvgIpc) is 4.13. The zero-order valence-corrected chi connectivity index (χ0v) is 34.0. The minimum atomic E-state index is -0.899. The van der Waals surface area contributed by atoms with Gasteiger partial charge in [0.1, 0.15) is 17.7 Å². The number of likely N-dealkylation sites (tertiary alicyclic amines) is 2. The topological polar surface area (TPSA) is 176 Å². The fraction of sp³-hybridized carbons (Fsp3) is 0.333. The molecule has 15 nitrogen and oxygen atoms in total. The molecule has 0 unspecified atom stereocenters. The molecule has 2 aliphatic heterocycles. The Hall–Kier alpha value is -6.58. The zero-order valence-electron chi connectivity index (χ0n) is 34.0. The number of rotatable bonds is 13. The highest BCUT2D eigenvalue weighted by Gasteiger charge is 2.39. The van der Waals surface area contributed by atoms with Gasteiger partial charge in [-0.3, -0.25) is 9.59 Å². The van der Waals surface area contributed by atoms with Gasteiger partial charge in [-0.1, -0.05) is 60.7 Å². The maximum Gasteiger partial charge on any atom is 0.407 e. The number of nitrogens with zero attached hydrogens (tertiary/aromatic N) is 5. The predicted octanol–water partition coefficient (Wildman–Crippen LogP) is 7.21. The number of carbonyl (C=O) groups excluding carboxylic acids is 3. The highest BCUT2D eigenvalue weighted by molar-refractivity contribution is 5.92. The third-order valence-corrected chi connectivity index (χ3v) is 11.5. The smallest absolute Gasteiger partial charge is 0.407 e. The molecule has 6 aromatic rings. The molecule has 0 spiro atoms. The Labute approximate surface area is 347 Å². The van der Waals surface area contributed by atoms with Crippen molar-refractivity contribution in [3.8, 4) is 22.4 Å². The Balaban J connectivity index is 0.985. The molecule has 5 atom stereocenters. The van der Waals surface area contributed by atoms with Crippen LogP contribution in [0.4, 0.5) is 4.79 Å². The molecule has 4 heterocycles. The SMILES string of the molecule is COOC=N[C@@H](C(=O)N1CCC[C@H]1c1nc2ccc(-c3ccc4cc(-c5cnc([C@@H]6CCCN6C(=O)[C@@H](NC(=O)OC)[C@@H](C)OC)[nH]5)ccc4c3)cc2[nH]1)c1ccccc1. The number of ether oxygens (including phenoxy) is 2. The molecule has 310 valence electrons. The number of hydrogen-bond donors (Lipinski definition) is 3. The highest BCUT2D eigenvalue weighted by atomic mass is 17.2. The average molecular weight is 813 g/mol. The molecule has 8 rings (SSSR count). The van der Waals surface area contributed by atoms with Crippen LogP contribution in [0.2, 0.25) is 0 Å². The van der Waals surface area contributed by atoms with E-state index in [0.29, 0.717) is 18.9 Å². The standard InChI is InChI=1S/C45H48N8O7/c1-27(57-2)39(51-45(56)58-3)43(54)52-20-8-12-37(52)41-46-25-36(50-41)33-17-16-29-22-30(14-15-31(29)23-33)32-18-19-34-35(24-32)49-42(48-34)38-13-9-21-53(38)44(55)40(47-26-60-59-4)28-10-6-5-7-11-28/h5-7,10-11,14-19,22-27,37-40H,8-9,12-13,20-21H2,1-4H3,(H,46,50)(H,48,49)(H,51,56)/t27-,37+,38+,39+,40-/m1/s1. The van der Waals surface area contributed by atoms with E-state index >= 15 is 0 Å². The number of alkyl carbamates (subject to hydrolysis) is 1. The molecule has 2 fully saturated rings. The van der Waals surface area contributed by atoms with E-state index in [0.717, 1.165) is 87.7 Å². The molecule has 0 bridgehead atoms. The van der Waals surface area contributed by atoms with Crippen LogP contribution in [0.25, 0.3) is 44.2 Å². The second kappa shape index (κ2) is 17.7. The number of aliphatic imine (C=N–C) groups is 1. The van der Waals surface area contributed by atoms with Crippen molar-refractivity contribution in [3.63, 3.8) is 0 Å². The van der Waals surface area contributed by atoms with Gasteiger partial charge in [-0.25, -0.2) is 19.8 Å². The molecule has 0 radical (unpaired) electrons. The molecular weight excluding hydrogens is 765 g/mol. The summed E-state index contributed by atoms with van der Waals surface area (Å²) in [5.41, 5.74) is 6.40. The van der Waals surface area contributed by atoms with Crippen LogP contribution >= 0.6 is 0 Å². The van der Waals surface area contributed by atoms with Gasteiger partial charge < -0.3 is 39.4 Å². The van der Waals surface area contributed by atoms with Crippen molar-refractivity contribution in [1.29, 1.82) is 0 Å². The van der Waals surface area contributed by atoms with Crippen molar-refractivity contribution in [1.82, 2.24) is 35.1 Å². The molecule has 4 aromatic carbocycles. The van der Waals surface area contributed by atoms with Crippen LogP contribution in [0, 0.1) is 0 Å². The van der Waals surface area contributed by atoms with Crippen molar-refractivity contribution in [2.24, 2.45) is 4.99 Å². The first-order valence-corrected chi connectivity index (χ1v) is 20.1. The Morgan fingerprint density at radius 1 is 0.817 bits per heavy atom. The first-order chi connectivity index (χ1) is 29.3. The van der Waals surface area contributed by atoms with Gasteiger partial charge in [-0.15, -0.1) is 0 Å². The lowest BCUT2D eigenvalue weighted by Crippen LogP contribution is -2.54. The van der Waals surface area contributed by atoms with Crippen molar-refractivity contribution < 1.29 is 33.6 Å². The van der Waals surface area contributed by atoms with Crippen LogP contribution < -0.4 is 5.32 Å². The Morgan fingerprint density at radius 2 is 1.48 bits per heavy atom. The van der Waals surface area contributed by atoms with Crippen molar-refractivity contribution in [3.05, 3.63) is 108 Å². The number of aromatic nitrogens is 4. The molecule has 3 amide bonds. The van der Waals surface area contributed by atoms with E-state index < -0.39 is 24.3 Å². The fourth-order valence-electron chi connectivity index (χ4n) is 8.34. The van der Waals surface area contributed by atoms with Gasteiger partial charge in [0.05, 0.1) is 55.3 Å². The Morgan fingerprint density at radius 3 is 2.20 bits per heavy atom. The largest absolute Gasteiger partial charge is 0.453 e. The zero-order chi connectivity index (χ0) is 41.8. The van der Waals surface area contributed by atoms with Crippen molar-refractivity contribution in [2.45, 2.75) is 62.9 Å². The van der Waals surface area contributed by atoms with Crippen LogP contribution in [0.15, 0.2) is 96.1 Å². The number of hydrogen-bond acceptors (Lipinski definition) is 10. The van der Waals surface area contributed by atoms with Gasteiger partial charge in [-0.05, 0) is 84.3 Å². The maximum absolute atomic E-state index is 14.0. The molecule has 2 aromatic heterocycles. The molecule has 3 N–H and O–H groups in total. The van der Waals surface area contributed by atoms with Crippen LogP contribution in [-0.4, -0.2) is 101 Å². The molecule has 0 saturated carbocycles. The van der Waals surface area contributed by atoms with Crippen molar-refractivity contribution in [2.75, 3.05) is 34.4 Å². The minimum absolute atomic E-state index is 0.127. The number of aromatic amines is 2. The van der Waals surface area contributed by atoms with Crippen molar-refractivity contribution >= 4 is 46.1 Å². The summed E-state index contributed by atoms with van der Waals surface area (Å²) < 4.78 is 10.2. The normalized spacial score (nSPS) is 18.3. The van der Waals surface area contributed by atoms with E-state index in [4.69, 9.17) is 24.3 Å². The van der Waals surface area contributed by atoms with E-state index in [9.17, 15) is 14.4 Å². The molecule has 0 aliphatic carbocycles. The van der Waals surface area contributed by atoms with Gasteiger partial charge in [0.25, 0.3) is 5.91 Å². The van der Waals surface area contributed by atoms with Crippen LogP contribution in [-0.2, 0) is 28.8 Å². The van der Waals surface area contributed by atoms with Gasteiger partial charge in [0.2, 0.25) is 12.3 Å². The van der Waals surface area contributed by atoms with Gasteiger partial charge in [0, 0.05) is 25.8 Å². The summed E-state index contributed by atoms with van der Waals surface area (Å²) in [5.74, 6) is 1.07. The second-order valence-corrected chi connectivity index (χ2v) is 15.1. The van der Waals surface area contributed by atoms with Gasteiger partial charge in [-0.2, -0.15) is 4.89 Å². The number of carbonyl (C=O) groups is 3. The van der Waals surface area contributed by atoms with E-state index in [2.05, 4.69) is 73.7 Å². The summed E-state index contributed by atoms with van der Waals surface area (Å²) in [6, 6.07) is 26.2. The van der Waals surface area contributed by atoms with E-state index in [1.54, 1.807) is 18.0 Å². The summed E-state index contributed by atoms with van der Waals surface area (Å²) >= 11 is 0. The van der Waals surface area contributed by atoms with Crippen LogP contribution in [0.5, 0.6) is 0 Å². The summed E-state index contributed by atoms with van der Waals surface area (Å²) in [6.45, 7) is 2.88. The summed E-state index contributed by atoms with van der Waals surface area (Å²) in [4.78, 5) is 74.0. The molecular formula is C45H48N8O7. The summed E-state index contributed by atoms with van der Waals surface area (Å²) in [7, 11) is 4.15. The van der Waals surface area contributed by atoms with E-state index in [1.165, 1.54) is 21.3 Å². The monoisotopic (exact) mass is 812 g/mol. The molecule has 15 heteroatoms. The first kappa shape index (κ1) is 40.2. The number of imidazole rings is 2. The lowest BCUT2D eigenvalue weighted by molar-refractivity contribution is -0.188. The van der Waals surface area contributed by atoms with Crippen LogP contribution in [0.1, 0.15) is 67.9 Å². The number of nitrogens with one attached hydrogen (secondary N) is 3. The number of methoxy groups -OCH3 is 2. The van der Waals surface area contributed by atoms with Gasteiger partial charge in [0.15, 0.2) is 6.04 Å². The summed E-state index contributed by atoms with van der Waals surface area (Å²) in [5, 5.41) is 4.78. The molecule has 2 aliphatic rings. The third kappa shape index (κ3) is 8.18. The first-order valence-electron chi connectivity index (χ1n) is 20.1. The number of amides is 3. The lowest BCUT2D eigenvalue weighted by Gasteiger charge is -2.30. The van der Waals surface area contributed by atoms with Gasteiger partial charge >= 0.3 is 6.09 Å². The Bertz CT molecular complexity index is 2520. The van der Waals surface area contributed by atoms with E-state index in [-0.39, 0.29) is 23.9 Å². The third-order valence-electron chi connectivity index (χ3n) is 11.5. The summed E-state index contributed by atoms with van der Waals surface area (Å²) in [6.07, 6.45) is 4.91. The Kier molecular flexibility index (Phi) is 11.9. The quantitative estimate of drug-likeness (QED) is 0.0471. The predicted molar refractivity (Wildman–Crippen MR) is 226 cm³/mol. The second-order valence-electron chi connectivity index (χ2n) is 15.1. The number of fused-ring (bicyclic) bond motifs is 2. The lowest BCUT2D eigenvalue weighted by atomic mass is 9.99. The molecule has 2 saturated heterocycles. The minimum Gasteiger partial charge on any atom is -0.453 e. The fourth-order valence-corrected chi connectivity index (χ4v) is 8.34. The van der Waals surface area contributed by atoms with E-state index in [1.807, 2.05) is 41.3 Å². The number of benzene rings is 4. The highest BCUT2D eigenvalue weighted by Crippen LogP contribution is 2.37. The number of H-pyrrole nitrogens is 2. The maximum atomic E-state index is 14.0. The van der Waals surface area contributed by atoms with Crippen LogP contribution in [0.3, 0.4) is 0 Å².